The average Bonchev–Trinajstić information content (AvgIpc) is 3.13. The average molecular weight is 380 g/mol. The van der Waals surface area contributed by atoms with Crippen LogP contribution in [0.1, 0.15) is 49.0 Å². The minimum atomic E-state index is -0.0481. The van der Waals surface area contributed by atoms with Crippen LogP contribution in [0.4, 0.5) is 0 Å². The Morgan fingerprint density at radius 1 is 1.14 bits per heavy atom. The Balaban J connectivity index is 1.74. The number of rotatable bonds is 6. The first-order valence-corrected chi connectivity index (χ1v) is 10.2. The number of aromatic nitrogens is 1. The van der Waals surface area contributed by atoms with Crippen molar-refractivity contribution in [3.63, 3.8) is 0 Å². The third kappa shape index (κ3) is 3.67. The molecule has 4 rings (SSSR count). The molecule has 28 heavy (non-hydrogen) atoms. The summed E-state index contributed by atoms with van der Waals surface area (Å²) in [5, 5.41) is 10.8. The van der Waals surface area contributed by atoms with Crippen molar-refractivity contribution in [1.82, 2.24) is 4.57 Å². The van der Waals surface area contributed by atoms with E-state index in [1.165, 1.54) is 27.6 Å². The molecule has 1 aliphatic heterocycles. The fraction of sp³-hybridized carbons (Fsp3) is 0.417. The predicted octanol–water partition coefficient (Wildman–Crippen LogP) is 4.86. The molecular weight excluding hydrogens is 350 g/mol. The van der Waals surface area contributed by atoms with Gasteiger partial charge in [0.2, 0.25) is 0 Å². The number of benzene rings is 2. The summed E-state index contributed by atoms with van der Waals surface area (Å²) in [5.74, 6) is 0.877. The molecule has 4 heteroatoms. The van der Waals surface area contributed by atoms with Gasteiger partial charge in [-0.25, -0.2) is 0 Å². The molecule has 0 spiro atoms. The number of fused-ring (bicyclic) bond motifs is 1. The van der Waals surface area contributed by atoms with Gasteiger partial charge in [0.15, 0.2) is 0 Å². The Morgan fingerprint density at radius 3 is 2.68 bits per heavy atom. The van der Waals surface area contributed by atoms with Crippen LogP contribution < -0.4 is 4.74 Å². The van der Waals surface area contributed by atoms with Crippen molar-refractivity contribution >= 4 is 10.9 Å². The molecule has 0 aliphatic carbocycles. The second kappa shape index (κ2) is 8.38. The van der Waals surface area contributed by atoms with Crippen LogP contribution in [-0.2, 0) is 17.7 Å². The van der Waals surface area contributed by atoms with Gasteiger partial charge in [-0.3, -0.25) is 0 Å². The quantitative estimate of drug-likeness (QED) is 0.665. The van der Waals surface area contributed by atoms with Crippen molar-refractivity contribution in [2.45, 2.75) is 51.4 Å². The monoisotopic (exact) mass is 379 g/mol. The zero-order valence-electron chi connectivity index (χ0n) is 16.7. The molecule has 1 N–H and O–H groups in total. The summed E-state index contributed by atoms with van der Waals surface area (Å²) >= 11 is 0. The molecule has 0 bridgehead atoms. The molecule has 0 saturated carbocycles. The molecule has 148 valence electrons. The van der Waals surface area contributed by atoms with Crippen LogP contribution in [0, 0.1) is 0 Å². The van der Waals surface area contributed by atoms with Crippen LogP contribution >= 0.6 is 0 Å². The number of aliphatic hydroxyl groups excluding tert-OH is 1. The fourth-order valence-corrected chi connectivity index (χ4v) is 4.32. The summed E-state index contributed by atoms with van der Waals surface area (Å²) in [7, 11) is 1.69. The lowest BCUT2D eigenvalue weighted by Crippen LogP contribution is -2.25. The molecule has 3 aromatic rings. The lowest BCUT2D eigenvalue weighted by Gasteiger charge is -2.28. The Labute approximate surface area is 166 Å². The molecule has 1 aromatic heterocycles. The van der Waals surface area contributed by atoms with Crippen LogP contribution in [0.25, 0.3) is 10.9 Å². The van der Waals surface area contributed by atoms with Gasteiger partial charge in [-0.1, -0.05) is 37.3 Å². The Bertz CT molecular complexity index is 929. The number of hydrogen-bond acceptors (Lipinski definition) is 3. The number of aryl methyl sites for hydroxylation is 1. The zero-order valence-corrected chi connectivity index (χ0v) is 16.7. The van der Waals surface area contributed by atoms with Crippen LogP contribution in [0.3, 0.4) is 0 Å². The maximum absolute atomic E-state index is 9.55. The summed E-state index contributed by atoms with van der Waals surface area (Å²) in [6.45, 7) is 3.12. The molecule has 0 amide bonds. The maximum Gasteiger partial charge on any atom is 0.118 e. The number of ether oxygens (including phenoxy) is 2. The van der Waals surface area contributed by atoms with E-state index in [4.69, 9.17) is 9.47 Å². The summed E-state index contributed by atoms with van der Waals surface area (Å²) in [4.78, 5) is 0. The normalized spacial score (nSPS) is 19.8. The standard InChI is InChI=1S/C24H29NO3/c1-3-18-6-4-8-21-22(23-9-5-7-20(16-26)28-23)15-25(24(18)21)14-17-10-12-19(27-2)13-11-17/h4,6,8,10-13,15,20,23,26H,3,5,7,9,14,16H2,1-2H3/t20-,23+/m0/s1. The molecule has 1 fully saturated rings. The van der Waals surface area contributed by atoms with Gasteiger partial charge in [0.1, 0.15) is 5.75 Å². The lowest BCUT2D eigenvalue weighted by molar-refractivity contribution is -0.0731. The second-order valence-electron chi connectivity index (χ2n) is 7.59. The SMILES string of the molecule is CCc1cccc2c([C@H]3CCC[C@@H](CO)O3)cn(Cc3ccc(OC)cc3)c12. The van der Waals surface area contributed by atoms with Gasteiger partial charge in [0.25, 0.3) is 0 Å². The topological polar surface area (TPSA) is 43.6 Å². The van der Waals surface area contributed by atoms with Crippen molar-refractivity contribution in [3.05, 3.63) is 65.4 Å². The Hall–Kier alpha value is -2.30. The summed E-state index contributed by atoms with van der Waals surface area (Å²) in [5.41, 5.74) is 5.14. The predicted molar refractivity (Wildman–Crippen MR) is 112 cm³/mol. The molecule has 1 saturated heterocycles. The molecule has 0 unspecified atom stereocenters. The first kappa shape index (κ1) is 19.0. The van der Waals surface area contributed by atoms with E-state index in [-0.39, 0.29) is 18.8 Å². The van der Waals surface area contributed by atoms with E-state index in [2.05, 4.69) is 48.0 Å². The van der Waals surface area contributed by atoms with Crippen molar-refractivity contribution in [2.24, 2.45) is 0 Å². The highest BCUT2D eigenvalue weighted by molar-refractivity contribution is 5.87. The zero-order chi connectivity index (χ0) is 19.5. The van der Waals surface area contributed by atoms with Crippen molar-refractivity contribution in [3.8, 4) is 5.75 Å². The first-order valence-electron chi connectivity index (χ1n) is 10.2. The van der Waals surface area contributed by atoms with Gasteiger partial charge < -0.3 is 19.1 Å². The molecule has 1 aliphatic rings. The fourth-order valence-electron chi connectivity index (χ4n) is 4.32. The van der Waals surface area contributed by atoms with Crippen molar-refractivity contribution in [2.75, 3.05) is 13.7 Å². The highest BCUT2D eigenvalue weighted by Crippen LogP contribution is 2.37. The highest BCUT2D eigenvalue weighted by Gasteiger charge is 2.26. The van der Waals surface area contributed by atoms with Crippen LogP contribution in [0.2, 0.25) is 0 Å². The van der Waals surface area contributed by atoms with E-state index in [0.29, 0.717) is 0 Å². The number of hydrogen-bond donors (Lipinski definition) is 1. The van der Waals surface area contributed by atoms with Gasteiger partial charge in [0, 0.05) is 23.7 Å². The molecule has 0 radical (unpaired) electrons. The molecule has 2 atom stereocenters. The Morgan fingerprint density at radius 2 is 1.96 bits per heavy atom. The van der Waals surface area contributed by atoms with E-state index < -0.39 is 0 Å². The van der Waals surface area contributed by atoms with Crippen molar-refractivity contribution in [1.29, 1.82) is 0 Å². The molecule has 2 aromatic carbocycles. The summed E-state index contributed by atoms with van der Waals surface area (Å²) < 4.78 is 13.9. The van der Waals surface area contributed by atoms with Gasteiger partial charge in [-0.15, -0.1) is 0 Å². The first-order chi connectivity index (χ1) is 13.7. The smallest absolute Gasteiger partial charge is 0.118 e. The van der Waals surface area contributed by atoms with Crippen molar-refractivity contribution < 1.29 is 14.6 Å². The largest absolute Gasteiger partial charge is 0.497 e. The number of aliphatic hydroxyl groups is 1. The lowest BCUT2D eigenvalue weighted by atomic mass is 9.97. The highest BCUT2D eigenvalue weighted by atomic mass is 16.5. The molecule has 4 nitrogen and oxygen atoms in total. The van der Waals surface area contributed by atoms with Gasteiger partial charge in [0.05, 0.1) is 31.4 Å². The maximum atomic E-state index is 9.55. The van der Waals surface area contributed by atoms with E-state index in [9.17, 15) is 5.11 Å². The number of methoxy groups -OCH3 is 1. The molecule has 2 heterocycles. The van der Waals surface area contributed by atoms with Gasteiger partial charge in [-0.2, -0.15) is 0 Å². The number of para-hydroxylation sites is 1. The van der Waals surface area contributed by atoms with E-state index in [0.717, 1.165) is 38.0 Å². The van der Waals surface area contributed by atoms with Crippen LogP contribution in [0.15, 0.2) is 48.7 Å². The third-order valence-electron chi connectivity index (χ3n) is 5.81. The second-order valence-corrected chi connectivity index (χ2v) is 7.59. The Kier molecular flexibility index (Phi) is 5.69. The van der Waals surface area contributed by atoms with E-state index in [1.807, 2.05) is 12.1 Å². The van der Waals surface area contributed by atoms with Gasteiger partial charge in [-0.05, 0) is 48.9 Å². The number of nitrogens with zero attached hydrogens (tertiary/aromatic N) is 1. The summed E-state index contributed by atoms with van der Waals surface area (Å²) in [6.07, 6.45) is 6.30. The van der Waals surface area contributed by atoms with Crippen LogP contribution in [-0.4, -0.2) is 29.5 Å². The van der Waals surface area contributed by atoms with E-state index >= 15 is 0 Å². The van der Waals surface area contributed by atoms with Gasteiger partial charge >= 0.3 is 0 Å². The summed E-state index contributed by atoms with van der Waals surface area (Å²) in [6, 6.07) is 14.8. The third-order valence-corrected chi connectivity index (χ3v) is 5.81. The minimum Gasteiger partial charge on any atom is -0.497 e. The molecular formula is C24H29NO3. The van der Waals surface area contributed by atoms with E-state index in [1.54, 1.807) is 7.11 Å². The van der Waals surface area contributed by atoms with Crippen LogP contribution in [0.5, 0.6) is 5.75 Å². The minimum absolute atomic E-state index is 0.0481.